The average molecular weight is 450 g/mol. The monoisotopic (exact) mass is 449 g/mol. The van der Waals surface area contributed by atoms with E-state index >= 15 is 0 Å². The third-order valence-corrected chi connectivity index (χ3v) is 7.89. The van der Waals surface area contributed by atoms with Crippen molar-refractivity contribution in [1.82, 2.24) is 19.8 Å². The predicted molar refractivity (Wildman–Crippen MR) is 130 cm³/mol. The Kier molecular flexibility index (Phi) is 5.59. The van der Waals surface area contributed by atoms with Gasteiger partial charge in [-0.25, -0.2) is 9.97 Å². The fourth-order valence-corrected chi connectivity index (χ4v) is 6.19. The summed E-state index contributed by atoms with van der Waals surface area (Å²) in [6.07, 6.45) is 3.90. The van der Waals surface area contributed by atoms with Crippen molar-refractivity contribution in [3.63, 3.8) is 0 Å². The molecular weight excluding hydrogens is 418 g/mol. The van der Waals surface area contributed by atoms with Crippen molar-refractivity contribution < 1.29 is 4.74 Å². The Labute approximate surface area is 193 Å². The van der Waals surface area contributed by atoms with E-state index in [2.05, 4.69) is 57.8 Å². The molecule has 32 heavy (non-hydrogen) atoms. The van der Waals surface area contributed by atoms with Gasteiger partial charge < -0.3 is 10.1 Å². The molecule has 0 radical (unpaired) electrons. The third kappa shape index (κ3) is 4.15. The zero-order valence-electron chi connectivity index (χ0n) is 18.7. The van der Waals surface area contributed by atoms with Crippen LogP contribution in [0, 0.1) is 0 Å². The van der Waals surface area contributed by atoms with Crippen LogP contribution in [0.3, 0.4) is 0 Å². The van der Waals surface area contributed by atoms with Gasteiger partial charge in [-0.15, -0.1) is 11.3 Å². The molecule has 3 aliphatic rings. The minimum absolute atomic E-state index is 0.434. The number of rotatable bonds is 6. The average Bonchev–Trinajstić information content (AvgIpc) is 3.46. The molecule has 2 aromatic heterocycles. The Bertz CT molecular complexity index is 1080. The van der Waals surface area contributed by atoms with Crippen molar-refractivity contribution in [2.75, 3.05) is 38.2 Å². The molecular formula is C25H31N5OS. The van der Waals surface area contributed by atoms with Crippen LogP contribution in [0.15, 0.2) is 35.7 Å². The van der Waals surface area contributed by atoms with Gasteiger partial charge in [0.2, 0.25) is 0 Å². The Morgan fingerprint density at radius 3 is 2.72 bits per heavy atom. The highest BCUT2D eigenvalue weighted by molar-refractivity contribution is 7.17. The number of ether oxygens (including phenoxy) is 1. The highest BCUT2D eigenvalue weighted by atomic mass is 32.1. The Balaban J connectivity index is 1.35. The largest absolute Gasteiger partial charge is 0.379 e. The molecule has 2 saturated heterocycles. The zero-order chi connectivity index (χ0) is 21.5. The molecule has 3 aromatic rings. The van der Waals surface area contributed by atoms with Gasteiger partial charge in [0.15, 0.2) is 0 Å². The fourth-order valence-electron chi connectivity index (χ4n) is 5.22. The van der Waals surface area contributed by atoms with Gasteiger partial charge in [-0.2, -0.15) is 0 Å². The van der Waals surface area contributed by atoms with Gasteiger partial charge >= 0.3 is 0 Å². The molecule has 4 heterocycles. The first-order valence-electron chi connectivity index (χ1n) is 11.9. The summed E-state index contributed by atoms with van der Waals surface area (Å²) in [7, 11) is 0. The van der Waals surface area contributed by atoms with E-state index < -0.39 is 0 Å². The van der Waals surface area contributed by atoms with Gasteiger partial charge in [-0.05, 0) is 31.7 Å². The van der Waals surface area contributed by atoms with Crippen molar-refractivity contribution in [3.05, 3.63) is 41.5 Å². The summed E-state index contributed by atoms with van der Waals surface area (Å²) in [6, 6.07) is 12.5. The molecule has 2 atom stereocenters. The molecule has 1 saturated carbocycles. The minimum Gasteiger partial charge on any atom is -0.379 e. The number of aromatic nitrogens is 2. The smallest absolute Gasteiger partial charge is 0.146 e. The molecule has 2 unspecified atom stereocenters. The van der Waals surface area contributed by atoms with Gasteiger partial charge in [-0.3, -0.25) is 9.80 Å². The SMILES string of the molecule is CC1CC(Nc2nc(CN3CCOCC3)nc3scc(-c4ccccc4)c23)CN1C1CC1. The lowest BCUT2D eigenvalue weighted by Crippen LogP contribution is -2.36. The number of thiophene rings is 1. The number of morpholine rings is 1. The van der Waals surface area contributed by atoms with Crippen molar-refractivity contribution >= 4 is 27.4 Å². The van der Waals surface area contributed by atoms with Gasteiger partial charge in [-0.1, -0.05) is 30.3 Å². The van der Waals surface area contributed by atoms with Crippen LogP contribution >= 0.6 is 11.3 Å². The lowest BCUT2D eigenvalue weighted by molar-refractivity contribution is 0.0331. The van der Waals surface area contributed by atoms with Crippen LogP contribution in [-0.4, -0.2) is 70.7 Å². The molecule has 7 heteroatoms. The number of nitrogens with one attached hydrogen (secondary N) is 1. The first-order valence-corrected chi connectivity index (χ1v) is 12.8. The highest BCUT2D eigenvalue weighted by Gasteiger charge is 2.39. The second kappa shape index (κ2) is 8.71. The van der Waals surface area contributed by atoms with Crippen LogP contribution in [-0.2, 0) is 11.3 Å². The minimum atomic E-state index is 0.434. The summed E-state index contributed by atoms with van der Waals surface area (Å²) >= 11 is 1.73. The molecule has 168 valence electrons. The summed E-state index contributed by atoms with van der Waals surface area (Å²) in [5.41, 5.74) is 2.46. The van der Waals surface area contributed by atoms with Crippen molar-refractivity contribution in [3.8, 4) is 11.1 Å². The molecule has 6 nitrogen and oxygen atoms in total. The quantitative estimate of drug-likeness (QED) is 0.608. The second-order valence-corrected chi connectivity index (χ2v) is 10.3. The lowest BCUT2D eigenvalue weighted by Gasteiger charge is -2.26. The molecule has 2 aliphatic heterocycles. The molecule has 3 fully saturated rings. The summed E-state index contributed by atoms with van der Waals surface area (Å²) in [5.74, 6) is 1.92. The van der Waals surface area contributed by atoms with Gasteiger partial charge in [0, 0.05) is 48.7 Å². The first kappa shape index (κ1) is 20.5. The van der Waals surface area contributed by atoms with Crippen molar-refractivity contribution in [2.45, 2.75) is 50.9 Å². The topological polar surface area (TPSA) is 53.5 Å². The van der Waals surface area contributed by atoms with Crippen LogP contribution in [0.1, 0.15) is 32.0 Å². The van der Waals surface area contributed by atoms with Crippen LogP contribution < -0.4 is 5.32 Å². The van der Waals surface area contributed by atoms with E-state index in [1.807, 2.05) is 0 Å². The fraction of sp³-hybridized carbons (Fsp3) is 0.520. The molecule has 6 rings (SSSR count). The van der Waals surface area contributed by atoms with Gasteiger partial charge in [0.1, 0.15) is 16.5 Å². The van der Waals surface area contributed by atoms with Crippen molar-refractivity contribution in [2.24, 2.45) is 0 Å². The molecule has 0 spiro atoms. The number of nitrogens with zero attached hydrogens (tertiary/aromatic N) is 4. The summed E-state index contributed by atoms with van der Waals surface area (Å²) < 4.78 is 5.52. The Hall–Kier alpha value is -2.06. The highest BCUT2D eigenvalue weighted by Crippen LogP contribution is 2.39. The van der Waals surface area contributed by atoms with Crippen LogP contribution in [0.5, 0.6) is 0 Å². The maximum atomic E-state index is 5.52. The van der Waals surface area contributed by atoms with Crippen LogP contribution in [0.2, 0.25) is 0 Å². The molecule has 1 aromatic carbocycles. The van der Waals surface area contributed by atoms with E-state index in [1.165, 1.54) is 35.8 Å². The second-order valence-electron chi connectivity index (χ2n) is 9.43. The van der Waals surface area contributed by atoms with E-state index in [-0.39, 0.29) is 0 Å². The first-order chi connectivity index (χ1) is 15.7. The maximum Gasteiger partial charge on any atom is 0.146 e. The van der Waals surface area contributed by atoms with Crippen LogP contribution in [0.25, 0.3) is 21.3 Å². The van der Waals surface area contributed by atoms with E-state index in [1.54, 1.807) is 11.3 Å². The number of likely N-dealkylation sites (tertiary alicyclic amines) is 1. The summed E-state index contributed by atoms with van der Waals surface area (Å²) in [6.45, 7) is 7.74. The zero-order valence-corrected chi connectivity index (χ0v) is 19.5. The number of anilines is 1. The normalized spacial score (nSPS) is 24.9. The maximum absolute atomic E-state index is 5.52. The summed E-state index contributed by atoms with van der Waals surface area (Å²) in [5, 5.41) is 7.28. The number of hydrogen-bond donors (Lipinski definition) is 1. The van der Waals surface area contributed by atoms with E-state index in [0.717, 1.165) is 61.9 Å². The van der Waals surface area contributed by atoms with E-state index in [0.29, 0.717) is 12.1 Å². The lowest BCUT2D eigenvalue weighted by atomic mass is 10.1. The number of benzene rings is 1. The number of hydrogen-bond acceptors (Lipinski definition) is 7. The number of fused-ring (bicyclic) bond motifs is 1. The Morgan fingerprint density at radius 2 is 1.94 bits per heavy atom. The van der Waals surface area contributed by atoms with Crippen molar-refractivity contribution in [1.29, 1.82) is 0 Å². The third-order valence-electron chi connectivity index (χ3n) is 7.01. The standard InChI is InChI=1S/C25H31N5OS/c1-17-13-19(14-30(17)20-7-8-20)26-24-23-21(18-5-3-2-4-6-18)16-32-25(23)28-22(27-24)15-29-9-11-31-12-10-29/h2-6,16-17,19-20H,7-15H2,1H3,(H,26,27,28). The molecule has 1 N–H and O–H groups in total. The molecule has 0 amide bonds. The molecule has 1 aliphatic carbocycles. The van der Waals surface area contributed by atoms with E-state index in [4.69, 9.17) is 14.7 Å². The summed E-state index contributed by atoms with van der Waals surface area (Å²) in [4.78, 5) is 16.3. The van der Waals surface area contributed by atoms with Gasteiger partial charge in [0.05, 0.1) is 25.1 Å². The van der Waals surface area contributed by atoms with Gasteiger partial charge in [0.25, 0.3) is 0 Å². The molecule has 0 bridgehead atoms. The Morgan fingerprint density at radius 1 is 1.12 bits per heavy atom. The van der Waals surface area contributed by atoms with Crippen LogP contribution in [0.4, 0.5) is 5.82 Å². The van der Waals surface area contributed by atoms with E-state index in [9.17, 15) is 0 Å². The predicted octanol–water partition coefficient (Wildman–Crippen LogP) is 4.23.